The predicted octanol–water partition coefficient (Wildman–Crippen LogP) is 6.08. The summed E-state index contributed by atoms with van der Waals surface area (Å²) in [5.74, 6) is -2.25. The summed E-state index contributed by atoms with van der Waals surface area (Å²) in [5, 5.41) is 2.56. The molecule has 0 saturated heterocycles. The Morgan fingerprint density at radius 2 is 1.67 bits per heavy atom. The molecule has 0 saturated carbocycles. The lowest BCUT2D eigenvalue weighted by Gasteiger charge is -2.15. The number of benzene rings is 3. The van der Waals surface area contributed by atoms with Crippen molar-refractivity contribution < 1.29 is 25.6 Å². The van der Waals surface area contributed by atoms with E-state index in [9.17, 15) is 16.8 Å². The van der Waals surface area contributed by atoms with Crippen LogP contribution in [0.25, 0.3) is 27.8 Å². The normalized spacial score (nSPS) is 12.1. The van der Waals surface area contributed by atoms with E-state index in [2.05, 4.69) is 25.0 Å². The number of aromatic nitrogens is 4. The van der Waals surface area contributed by atoms with Crippen LogP contribution in [0.1, 0.15) is 0 Å². The fraction of sp³-hybridized carbons (Fsp3) is 0.0357. The highest BCUT2D eigenvalue weighted by molar-refractivity contribution is 7.92. The first-order chi connectivity index (χ1) is 21.3. The molecule has 45 heavy (non-hydrogen) atoms. The third-order valence-corrected chi connectivity index (χ3v) is 10.2. The minimum Gasteiger partial charge on any atom is -0.398 e. The van der Waals surface area contributed by atoms with Crippen molar-refractivity contribution in [2.75, 3.05) is 22.0 Å². The molecular weight excluding hydrogens is 671 g/mol. The Labute approximate surface area is 264 Å². The van der Waals surface area contributed by atoms with E-state index in [-0.39, 0.29) is 43.3 Å². The average molecular weight is 691 g/mol. The highest BCUT2D eigenvalue weighted by Crippen LogP contribution is 2.35. The molecule has 3 heterocycles. The monoisotopic (exact) mass is 689 g/mol. The summed E-state index contributed by atoms with van der Waals surface area (Å²) in [7, 11) is -8.13. The fourth-order valence-electron chi connectivity index (χ4n) is 4.66. The minimum atomic E-state index is -4.44. The second-order valence-corrected chi connectivity index (χ2v) is 14.1. The van der Waals surface area contributed by atoms with Crippen LogP contribution in [0.2, 0.25) is 10.0 Å². The number of rotatable bonds is 7. The topological polar surface area (TPSA) is 162 Å². The number of fused-ring (bicyclic) bond motifs is 2. The van der Waals surface area contributed by atoms with Gasteiger partial charge in [0.15, 0.2) is 21.5 Å². The molecule has 3 aromatic heterocycles. The quantitative estimate of drug-likeness (QED) is 0.169. The number of sulfonamides is 1. The summed E-state index contributed by atoms with van der Waals surface area (Å²) in [6, 6.07) is 13.7. The van der Waals surface area contributed by atoms with Gasteiger partial charge in [-0.3, -0.25) is 9.29 Å². The van der Waals surface area contributed by atoms with Crippen molar-refractivity contribution in [3.8, 4) is 5.82 Å². The Kier molecular flexibility index (Phi) is 7.51. The van der Waals surface area contributed by atoms with Crippen molar-refractivity contribution in [3.63, 3.8) is 0 Å². The Hall–Kier alpha value is -4.57. The molecule has 0 radical (unpaired) electrons. The maximum atomic E-state index is 15.7. The minimum absolute atomic E-state index is 0.0115. The highest BCUT2D eigenvalue weighted by atomic mass is 35.5. The van der Waals surface area contributed by atoms with Crippen molar-refractivity contribution in [3.05, 3.63) is 94.9 Å². The van der Waals surface area contributed by atoms with E-state index in [0.717, 1.165) is 24.7 Å². The Morgan fingerprint density at radius 3 is 2.42 bits per heavy atom. The van der Waals surface area contributed by atoms with Crippen molar-refractivity contribution >= 4 is 87.9 Å². The second kappa shape index (κ2) is 11.1. The third-order valence-electron chi connectivity index (χ3n) is 6.72. The van der Waals surface area contributed by atoms with E-state index in [1.165, 1.54) is 29.0 Å². The maximum Gasteiger partial charge on any atom is 0.263 e. The zero-order chi connectivity index (χ0) is 32.3. The van der Waals surface area contributed by atoms with E-state index in [0.29, 0.717) is 10.9 Å². The van der Waals surface area contributed by atoms with Gasteiger partial charge in [-0.2, -0.15) is 0 Å². The molecule has 0 aliphatic rings. The van der Waals surface area contributed by atoms with Crippen LogP contribution in [0, 0.1) is 11.6 Å². The van der Waals surface area contributed by atoms with Crippen LogP contribution in [0.5, 0.6) is 0 Å². The van der Waals surface area contributed by atoms with Crippen LogP contribution >= 0.6 is 23.2 Å². The van der Waals surface area contributed by atoms with Crippen LogP contribution in [0.3, 0.4) is 0 Å². The second-order valence-electron chi connectivity index (χ2n) is 9.70. The number of nitrogens with one attached hydrogen (secondary N) is 2. The largest absolute Gasteiger partial charge is 0.398 e. The molecule has 0 atom stereocenters. The fourth-order valence-corrected chi connectivity index (χ4v) is 7.37. The number of hydrogen-bond acceptors (Lipinski definition) is 9. The molecule has 0 fully saturated rings. The number of halogens is 4. The molecular formula is C28H19Cl2F2N7O4S2. The van der Waals surface area contributed by atoms with Gasteiger partial charge >= 0.3 is 0 Å². The van der Waals surface area contributed by atoms with E-state index < -0.39 is 47.8 Å². The SMILES string of the molecule is CS(=O)(=O)c1cn(-c2ccc3ncnc(Nc4c(F)ccc(NS(=O)(=O)c5cccc(Cl)c5Cl)c4F)c3n2)c2cccc(N)c12. The Morgan fingerprint density at radius 1 is 0.911 bits per heavy atom. The van der Waals surface area contributed by atoms with Gasteiger partial charge in [-0.1, -0.05) is 35.3 Å². The van der Waals surface area contributed by atoms with Crippen molar-refractivity contribution in [2.45, 2.75) is 9.79 Å². The predicted molar refractivity (Wildman–Crippen MR) is 169 cm³/mol. The smallest absolute Gasteiger partial charge is 0.263 e. The van der Waals surface area contributed by atoms with Gasteiger partial charge in [-0.15, -0.1) is 0 Å². The molecule has 11 nitrogen and oxygen atoms in total. The lowest BCUT2D eigenvalue weighted by molar-refractivity contribution is 0.588. The van der Waals surface area contributed by atoms with Crippen molar-refractivity contribution in [1.82, 2.24) is 19.5 Å². The van der Waals surface area contributed by atoms with Gasteiger partial charge < -0.3 is 11.1 Å². The van der Waals surface area contributed by atoms with Crippen LogP contribution in [0.15, 0.2) is 83.0 Å². The zero-order valence-corrected chi connectivity index (χ0v) is 25.9. The first-order valence-corrected chi connectivity index (χ1v) is 16.8. The molecule has 230 valence electrons. The maximum absolute atomic E-state index is 15.7. The van der Waals surface area contributed by atoms with Gasteiger partial charge in [0.25, 0.3) is 10.0 Å². The molecule has 17 heteroatoms. The molecule has 3 aromatic carbocycles. The summed E-state index contributed by atoms with van der Waals surface area (Å²) in [6.07, 6.45) is 3.58. The molecule has 0 bridgehead atoms. The van der Waals surface area contributed by atoms with Crippen molar-refractivity contribution in [2.24, 2.45) is 0 Å². The van der Waals surface area contributed by atoms with E-state index in [4.69, 9.17) is 28.9 Å². The van der Waals surface area contributed by atoms with Gasteiger partial charge in [0.1, 0.15) is 34.1 Å². The van der Waals surface area contributed by atoms with E-state index in [1.54, 1.807) is 30.3 Å². The van der Waals surface area contributed by atoms with Crippen LogP contribution < -0.4 is 15.8 Å². The van der Waals surface area contributed by atoms with Crippen LogP contribution in [-0.2, 0) is 19.9 Å². The molecule has 0 unspecified atom stereocenters. The molecule has 0 amide bonds. The number of nitrogen functional groups attached to an aromatic ring is 1. The molecule has 4 N–H and O–H groups in total. The summed E-state index contributed by atoms with van der Waals surface area (Å²) >= 11 is 12.0. The first-order valence-electron chi connectivity index (χ1n) is 12.7. The van der Waals surface area contributed by atoms with Gasteiger partial charge in [-0.25, -0.2) is 40.6 Å². The number of hydrogen-bond donors (Lipinski definition) is 3. The van der Waals surface area contributed by atoms with Crippen LogP contribution in [0.4, 0.5) is 31.7 Å². The molecule has 6 rings (SSSR count). The number of nitrogens with two attached hydrogens (primary N) is 1. The van der Waals surface area contributed by atoms with E-state index >= 15 is 8.78 Å². The Bertz CT molecular complexity index is 2410. The Balaban J connectivity index is 1.43. The molecule has 0 aliphatic heterocycles. The lowest BCUT2D eigenvalue weighted by Crippen LogP contribution is -2.15. The summed E-state index contributed by atoms with van der Waals surface area (Å²) in [6.45, 7) is 0. The molecule has 0 aliphatic carbocycles. The number of nitrogens with zero attached hydrogens (tertiary/aromatic N) is 4. The van der Waals surface area contributed by atoms with Gasteiger partial charge in [0.2, 0.25) is 0 Å². The highest BCUT2D eigenvalue weighted by Gasteiger charge is 2.25. The zero-order valence-electron chi connectivity index (χ0n) is 22.8. The van der Waals surface area contributed by atoms with E-state index in [1.807, 2.05) is 0 Å². The molecule has 6 aromatic rings. The number of sulfone groups is 1. The summed E-state index contributed by atoms with van der Waals surface area (Å²) in [5.41, 5.74) is 5.83. The summed E-state index contributed by atoms with van der Waals surface area (Å²) in [4.78, 5) is 12.4. The first kappa shape index (κ1) is 30.5. The molecule has 0 spiro atoms. The third kappa shape index (κ3) is 5.48. The number of pyridine rings is 1. The average Bonchev–Trinajstić information content (AvgIpc) is 3.40. The van der Waals surface area contributed by atoms with Crippen LogP contribution in [-0.4, -0.2) is 42.6 Å². The number of anilines is 4. The van der Waals surface area contributed by atoms with Gasteiger partial charge in [-0.05, 0) is 48.5 Å². The summed E-state index contributed by atoms with van der Waals surface area (Å²) < 4.78 is 85.4. The van der Waals surface area contributed by atoms with Gasteiger partial charge in [0.05, 0.1) is 31.7 Å². The standard InChI is InChI=1S/C28H19Cl2F2N7O4S2/c1-44(40,41)21-12-39(19-6-3-5-16(33)23(19)21)22-11-10-18-27(36-22)28(35-13-34-18)37-26-15(31)8-9-17(25(26)32)38-45(42,43)20-7-2-4-14(29)24(20)30/h2-13,38H,33H2,1H3,(H,34,35,37). The van der Waals surface area contributed by atoms with Crippen molar-refractivity contribution in [1.29, 1.82) is 0 Å². The van der Waals surface area contributed by atoms with Gasteiger partial charge in [0, 0.05) is 23.5 Å². The lowest BCUT2D eigenvalue weighted by atomic mass is 10.2.